The number of carbonyl (C=O) groups excluding carboxylic acids is 3. The zero-order valence-corrected chi connectivity index (χ0v) is 15.9. The van der Waals surface area contributed by atoms with Gasteiger partial charge in [-0.25, -0.2) is 0 Å². The van der Waals surface area contributed by atoms with Crippen LogP contribution in [0.1, 0.15) is 35.7 Å². The van der Waals surface area contributed by atoms with Gasteiger partial charge in [0.05, 0.1) is 17.5 Å². The van der Waals surface area contributed by atoms with Gasteiger partial charge in [0.25, 0.3) is 5.91 Å². The van der Waals surface area contributed by atoms with Gasteiger partial charge in [0.15, 0.2) is 0 Å². The van der Waals surface area contributed by atoms with E-state index in [1.54, 1.807) is 24.3 Å². The van der Waals surface area contributed by atoms with E-state index in [0.29, 0.717) is 29.8 Å². The third kappa shape index (κ3) is 3.24. The molecular weight excluding hydrogens is 352 g/mol. The van der Waals surface area contributed by atoms with Gasteiger partial charge in [0, 0.05) is 11.3 Å². The van der Waals surface area contributed by atoms with Crippen LogP contribution >= 0.6 is 0 Å². The molecule has 1 aliphatic carbocycles. The van der Waals surface area contributed by atoms with Crippen molar-refractivity contribution in [1.29, 1.82) is 0 Å². The van der Waals surface area contributed by atoms with Gasteiger partial charge in [-0.1, -0.05) is 35.4 Å². The van der Waals surface area contributed by atoms with Crippen molar-refractivity contribution in [2.75, 3.05) is 10.2 Å². The van der Waals surface area contributed by atoms with Gasteiger partial charge < -0.3 is 5.32 Å². The minimum absolute atomic E-state index is 0.168. The molecular formula is C23H22N2O3. The fourth-order valence-electron chi connectivity index (χ4n) is 3.92. The van der Waals surface area contributed by atoms with Gasteiger partial charge in [-0.3, -0.25) is 19.3 Å². The summed E-state index contributed by atoms with van der Waals surface area (Å²) in [5.74, 6) is -1.20. The van der Waals surface area contributed by atoms with Crippen LogP contribution in [0.4, 0.5) is 11.4 Å². The van der Waals surface area contributed by atoms with Gasteiger partial charge >= 0.3 is 0 Å². The Morgan fingerprint density at radius 1 is 1.00 bits per heavy atom. The number of fused-ring (bicyclic) bond motifs is 1. The number of imide groups is 1. The molecule has 2 aliphatic rings. The Hall–Kier alpha value is -3.21. The average Bonchev–Trinajstić information content (AvgIpc) is 2.93. The number of hydrogen-bond acceptors (Lipinski definition) is 3. The first-order valence-electron chi connectivity index (χ1n) is 9.45. The summed E-state index contributed by atoms with van der Waals surface area (Å²) in [6.45, 7) is 3.97. The molecule has 4 rings (SSSR count). The summed E-state index contributed by atoms with van der Waals surface area (Å²) in [7, 11) is 0. The maximum atomic E-state index is 12.9. The minimum atomic E-state index is -0.291. The van der Waals surface area contributed by atoms with Crippen LogP contribution in [-0.4, -0.2) is 17.7 Å². The molecule has 28 heavy (non-hydrogen) atoms. The molecule has 0 aromatic heterocycles. The minimum Gasteiger partial charge on any atom is -0.322 e. The van der Waals surface area contributed by atoms with Crippen molar-refractivity contribution in [3.8, 4) is 0 Å². The van der Waals surface area contributed by atoms with E-state index in [2.05, 4.69) is 5.32 Å². The maximum Gasteiger partial charge on any atom is 0.255 e. The molecule has 1 heterocycles. The van der Waals surface area contributed by atoms with Crippen LogP contribution in [0.2, 0.25) is 0 Å². The molecule has 1 saturated heterocycles. The first-order valence-corrected chi connectivity index (χ1v) is 9.45. The van der Waals surface area contributed by atoms with Gasteiger partial charge in [0.2, 0.25) is 11.8 Å². The summed E-state index contributed by atoms with van der Waals surface area (Å²) in [5.41, 5.74) is 3.82. The van der Waals surface area contributed by atoms with Crippen LogP contribution < -0.4 is 10.2 Å². The molecule has 2 atom stereocenters. The highest BCUT2D eigenvalue weighted by Crippen LogP contribution is 2.39. The predicted octanol–water partition coefficient (Wildman–Crippen LogP) is 4.09. The molecule has 0 bridgehead atoms. The number of aryl methyl sites for hydroxylation is 1. The molecule has 1 aliphatic heterocycles. The third-order valence-electron chi connectivity index (χ3n) is 5.50. The summed E-state index contributed by atoms with van der Waals surface area (Å²) < 4.78 is 0. The lowest BCUT2D eigenvalue weighted by atomic mass is 9.82. The number of hydrogen-bond donors (Lipinski definition) is 1. The van der Waals surface area contributed by atoms with Crippen molar-refractivity contribution in [3.63, 3.8) is 0 Å². The van der Waals surface area contributed by atoms with Gasteiger partial charge in [-0.2, -0.15) is 0 Å². The topological polar surface area (TPSA) is 66.5 Å². The van der Waals surface area contributed by atoms with Crippen molar-refractivity contribution in [3.05, 3.63) is 71.3 Å². The number of amides is 3. The van der Waals surface area contributed by atoms with Crippen molar-refractivity contribution < 1.29 is 14.4 Å². The summed E-state index contributed by atoms with van der Waals surface area (Å²) in [6.07, 6.45) is 3.27. The normalized spacial score (nSPS) is 21.4. The largest absolute Gasteiger partial charge is 0.322 e. The van der Waals surface area contributed by atoms with Gasteiger partial charge in [-0.05, 0) is 57.0 Å². The van der Waals surface area contributed by atoms with E-state index in [1.807, 2.05) is 44.2 Å². The Kier molecular flexibility index (Phi) is 4.59. The molecule has 2 aromatic carbocycles. The quantitative estimate of drug-likeness (QED) is 0.650. The Balaban J connectivity index is 1.57. The lowest BCUT2D eigenvalue weighted by Gasteiger charge is -2.18. The van der Waals surface area contributed by atoms with Crippen LogP contribution in [0.25, 0.3) is 0 Å². The van der Waals surface area contributed by atoms with Crippen LogP contribution in [-0.2, 0) is 9.59 Å². The smallest absolute Gasteiger partial charge is 0.255 e. The number of anilines is 2. The Morgan fingerprint density at radius 3 is 2.46 bits per heavy atom. The van der Waals surface area contributed by atoms with Crippen molar-refractivity contribution in [2.45, 2.75) is 26.7 Å². The standard InChI is InChI=1S/C23H22N2O3/c1-14-6-9-17(10-7-14)24-21(26)16-4-3-5-18(13-16)25-22(27)19-11-8-15(2)12-20(19)23(25)28/h3-10,13,19-20H,11-12H2,1-2H3,(H,24,26)/t19-,20+/m0/s1. The second-order valence-corrected chi connectivity index (χ2v) is 7.59. The SMILES string of the molecule is CC1=CC[C@@H]2C(=O)N(c3cccc(C(=O)Nc4ccc(C)cc4)c3)C(=O)[C@@H]2C1. The molecule has 2 aromatic rings. The highest BCUT2D eigenvalue weighted by molar-refractivity contribution is 6.22. The molecule has 5 nitrogen and oxygen atoms in total. The fourth-order valence-corrected chi connectivity index (χ4v) is 3.92. The number of benzene rings is 2. The summed E-state index contributed by atoms with van der Waals surface area (Å²) in [5, 5.41) is 2.85. The van der Waals surface area contributed by atoms with E-state index >= 15 is 0 Å². The van der Waals surface area contributed by atoms with Crippen LogP contribution in [0.15, 0.2) is 60.2 Å². The summed E-state index contributed by atoms with van der Waals surface area (Å²) in [4.78, 5) is 39.6. The molecule has 5 heteroatoms. The second-order valence-electron chi connectivity index (χ2n) is 7.59. The Labute approximate surface area is 164 Å². The second kappa shape index (κ2) is 7.08. The lowest BCUT2D eigenvalue weighted by Crippen LogP contribution is -2.31. The Morgan fingerprint density at radius 2 is 1.71 bits per heavy atom. The zero-order valence-electron chi connectivity index (χ0n) is 15.9. The number of nitrogens with zero attached hydrogens (tertiary/aromatic N) is 1. The number of carbonyl (C=O) groups is 3. The van der Waals surface area contributed by atoms with Crippen molar-refractivity contribution >= 4 is 29.1 Å². The van der Waals surface area contributed by atoms with Gasteiger partial charge in [-0.15, -0.1) is 0 Å². The van der Waals surface area contributed by atoms with Crippen molar-refractivity contribution in [1.82, 2.24) is 0 Å². The zero-order chi connectivity index (χ0) is 19.8. The number of rotatable bonds is 3. The van der Waals surface area contributed by atoms with E-state index in [-0.39, 0.29) is 29.6 Å². The lowest BCUT2D eigenvalue weighted by molar-refractivity contribution is -0.122. The van der Waals surface area contributed by atoms with E-state index < -0.39 is 0 Å². The molecule has 142 valence electrons. The molecule has 0 saturated carbocycles. The predicted molar refractivity (Wildman–Crippen MR) is 108 cm³/mol. The summed E-state index contributed by atoms with van der Waals surface area (Å²) in [6, 6.07) is 14.2. The van der Waals surface area contributed by atoms with Crippen LogP contribution in [0.3, 0.4) is 0 Å². The van der Waals surface area contributed by atoms with E-state index in [0.717, 1.165) is 11.1 Å². The molecule has 1 fully saturated rings. The molecule has 0 spiro atoms. The van der Waals surface area contributed by atoms with Crippen LogP contribution in [0.5, 0.6) is 0 Å². The van der Waals surface area contributed by atoms with Crippen molar-refractivity contribution in [2.24, 2.45) is 11.8 Å². The molecule has 0 radical (unpaired) electrons. The Bertz CT molecular complexity index is 991. The number of allylic oxidation sites excluding steroid dienone is 2. The monoisotopic (exact) mass is 374 g/mol. The highest BCUT2D eigenvalue weighted by Gasteiger charge is 2.48. The fraction of sp³-hybridized carbons (Fsp3) is 0.261. The molecule has 3 amide bonds. The molecule has 1 N–H and O–H groups in total. The first kappa shape index (κ1) is 18.2. The van der Waals surface area contributed by atoms with E-state index in [1.165, 1.54) is 4.90 Å². The first-order chi connectivity index (χ1) is 13.4. The molecule has 0 unspecified atom stereocenters. The highest BCUT2D eigenvalue weighted by atomic mass is 16.2. The number of nitrogens with one attached hydrogen (secondary N) is 1. The van der Waals surface area contributed by atoms with Gasteiger partial charge in [0.1, 0.15) is 0 Å². The van der Waals surface area contributed by atoms with E-state index in [9.17, 15) is 14.4 Å². The average molecular weight is 374 g/mol. The van der Waals surface area contributed by atoms with E-state index in [4.69, 9.17) is 0 Å². The summed E-state index contributed by atoms with van der Waals surface area (Å²) >= 11 is 0. The maximum absolute atomic E-state index is 12.9. The third-order valence-corrected chi connectivity index (χ3v) is 5.50. The van der Waals surface area contributed by atoms with Crippen LogP contribution in [0, 0.1) is 18.8 Å².